The van der Waals surface area contributed by atoms with E-state index in [4.69, 9.17) is 4.42 Å². The molecular weight excluding hydrogens is 262 g/mol. The third-order valence-corrected chi connectivity index (χ3v) is 2.77. The number of hydrogen-bond donors (Lipinski definition) is 1. The van der Waals surface area contributed by atoms with Crippen LogP contribution in [0.5, 0.6) is 0 Å². The normalized spacial score (nSPS) is 9.67. The fourth-order valence-corrected chi connectivity index (χ4v) is 1.71. The molecule has 0 unspecified atom stereocenters. The summed E-state index contributed by atoms with van der Waals surface area (Å²) in [5.41, 5.74) is 1.66. The monoisotopic (exact) mass is 287 g/mol. The van der Waals surface area contributed by atoms with Gasteiger partial charge in [-0.15, -0.1) is 0 Å². The summed E-state index contributed by atoms with van der Waals surface area (Å²) in [5.74, 6) is 0.794. The van der Waals surface area contributed by atoms with Crippen LogP contribution in [0.25, 0.3) is 11.3 Å². The average Bonchev–Trinajstić information content (AvgIpc) is 3.03. The smallest absolute Gasteiger partial charge is 0.251 e. The maximum Gasteiger partial charge on any atom is 0.251 e. The lowest BCUT2D eigenvalue weighted by atomic mass is 10.1. The maximum absolute atomic E-state index is 11.8. The molecule has 1 heterocycles. The Hall–Kier alpha value is -2.03. The van der Waals surface area contributed by atoms with Crippen molar-refractivity contribution in [1.29, 1.82) is 0 Å². The molecule has 1 aromatic carbocycles. The molecule has 1 amide bonds. The molecular formula is C18H25NO2. The van der Waals surface area contributed by atoms with E-state index in [9.17, 15) is 4.79 Å². The molecule has 0 aliphatic carbocycles. The lowest BCUT2D eigenvalue weighted by Crippen LogP contribution is -2.24. The molecule has 0 fully saturated rings. The SMILES string of the molecule is CCC.CCCCNC(=O)c1ccc(-c2ccco2)cc1. The van der Waals surface area contributed by atoms with Crippen molar-refractivity contribution in [3.8, 4) is 11.3 Å². The van der Waals surface area contributed by atoms with Gasteiger partial charge in [0, 0.05) is 17.7 Å². The van der Waals surface area contributed by atoms with E-state index in [0.29, 0.717) is 5.56 Å². The molecule has 2 rings (SSSR count). The Kier molecular flexibility index (Phi) is 7.95. The molecule has 0 atom stereocenters. The molecule has 0 aliphatic heterocycles. The second-order valence-electron chi connectivity index (χ2n) is 4.87. The number of amides is 1. The fraction of sp³-hybridized carbons (Fsp3) is 0.389. The first-order valence-corrected chi connectivity index (χ1v) is 7.65. The number of nitrogens with one attached hydrogen (secondary N) is 1. The summed E-state index contributed by atoms with van der Waals surface area (Å²) < 4.78 is 5.30. The molecule has 3 heteroatoms. The van der Waals surface area contributed by atoms with Crippen molar-refractivity contribution >= 4 is 5.91 Å². The van der Waals surface area contributed by atoms with Crippen LogP contribution in [0.3, 0.4) is 0 Å². The zero-order chi connectivity index (χ0) is 15.5. The molecule has 0 aliphatic rings. The van der Waals surface area contributed by atoms with E-state index < -0.39 is 0 Å². The summed E-state index contributed by atoms with van der Waals surface area (Å²) in [6.07, 6.45) is 4.98. The van der Waals surface area contributed by atoms with Crippen molar-refractivity contribution in [2.75, 3.05) is 6.54 Å². The molecule has 1 N–H and O–H groups in total. The Bertz CT molecular complexity index is 501. The number of furan rings is 1. The second-order valence-corrected chi connectivity index (χ2v) is 4.87. The van der Waals surface area contributed by atoms with Crippen LogP contribution in [0.4, 0.5) is 0 Å². The van der Waals surface area contributed by atoms with Crippen LogP contribution in [-0.2, 0) is 0 Å². The number of benzene rings is 1. The molecule has 3 nitrogen and oxygen atoms in total. The van der Waals surface area contributed by atoms with Gasteiger partial charge in [0.1, 0.15) is 5.76 Å². The zero-order valence-electron chi connectivity index (χ0n) is 13.2. The molecule has 0 spiro atoms. The Balaban J connectivity index is 0.000000677. The van der Waals surface area contributed by atoms with E-state index in [1.54, 1.807) is 6.26 Å². The Morgan fingerprint density at radius 1 is 1.10 bits per heavy atom. The predicted octanol–water partition coefficient (Wildman–Crippen LogP) is 4.89. The highest BCUT2D eigenvalue weighted by atomic mass is 16.3. The first-order chi connectivity index (χ1) is 10.2. The van der Waals surface area contributed by atoms with E-state index in [1.165, 1.54) is 6.42 Å². The van der Waals surface area contributed by atoms with Crippen LogP contribution in [0.2, 0.25) is 0 Å². The minimum atomic E-state index is -0.0190. The molecule has 114 valence electrons. The third-order valence-electron chi connectivity index (χ3n) is 2.77. The van der Waals surface area contributed by atoms with Crippen LogP contribution in [0.1, 0.15) is 50.4 Å². The molecule has 2 aromatic rings. The number of rotatable bonds is 5. The Labute approximate surface area is 127 Å². The summed E-state index contributed by atoms with van der Waals surface area (Å²) in [5, 5.41) is 2.89. The van der Waals surface area contributed by atoms with Crippen LogP contribution in [0, 0.1) is 0 Å². The van der Waals surface area contributed by atoms with E-state index in [0.717, 1.165) is 30.7 Å². The highest BCUT2D eigenvalue weighted by Gasteiger charge is 2.05. The first kappa shape index (κ1) is 17.0. The number of hydrogen-bond acceptors (Lipinski definition) is 2. The number of carbonyl (C=O) groups is 1. The lowest BCUT2D eigenvalue weighted by molar-refractivity contribution is 0.0953. The fourth-order valence-electron chi connectivity index (χ4n) is 1.71. The van der Waals surface area contributed by atoms with Crippen molar-refractivity contribution in [2.45, 2.75) is 40.0 Å². The maximum atomic E-state index is 11.8. The largest absolute Gasteiger partial charge is 0.464 e. The van der Waals surface area contributed by atoms with Gasteiger partial charge in [-0.2, -0.15) is 0 Å². The Morgan fingerprint density at radius 3 is 2.29 bits per heavy atom. The van der Waals surface area contributed by atoms with Gasteiger partial charge in [-0.3, -0.25) is 4.79 Å². The molecule has 0 saturated carbocycles. The van der Waals surface area contributed by atoms with Crippen LogP contribution in [-0.4, -0.2) is 12.5 Å². The first-order valence-electron chi connectivity index (χ1n) is 7.65. The van der Waals surface area contributed by atoms with Gasteiger partial charge >= 0.3 is 0 Å². The van der Waals surface area contributed by atoms with Gasteiger partial charge in [0.05, 0.1) is 6.26 Å². The van der Waals surface area contributed by atoms with E-state index in [-0.39, 0.29) is 5.91 Å². The molecule has 1 aromatic heterocycles. The standard InChI is InChI=1S/C15H17NO2.C3H8/c1-2-3-10-16-15(17)13-8-6-12(7-9-13)14-5-4-11-18-14;1-3-2/h4-9,11H,2-3,10H2,1H3,(H,16,17);3H2,1-2H3. The lowest BCUT2D eigenvalue weighted by Gasteiger charge is -2.04. The predicted molar refractivity (Wildman–Crippen MR) is 87.4 cm³/mol. The molecule has 0 saturated heterocycles. The van der Waals surface area contributed by atoms with Gasteiger partial charge in [0.25, 0.3) is 5.91 Å². The summed E-state index contributed by atoms with van der Waals surface area (Å²) in [6.45, 7) is 7.08. The highest BCUT2D eigenvalue weighted by molar-refractivity contribution is 5.94. The van der Waals surface area contributed by atoms with Crippen molar-refractivity contribution < 1.29 is 9.21 Å². The Morgan fingerprint density at radius 2 is 1.76 bits per heavy atom. The van der Waals surface area contributed by atoms with Gasteiger partial charge in [0.15, 0.2) is 0 Å². The van der Waals surface area contributed by atoms with Crippen molar-refractivity contribution in [2.24, 2.45) is 0 Å². The zero-order valence-corrected chi connectivity index (χ0v) is 13.2. The summed E-state index contributed by atoms with van der Waals surface area (Å²) in [6, 6.07) is 11.2. The van der Waals surface area contributed by atoms with E-state index >= 15 is 0 Å². The van der Waals surface area contributed by atoms with Crippen LogP contribution >= 0.6 is 0 Å². The van der Waals surface area contributed by atoms with Gasteiger partial charge in [-0.25, -0.2) is 0 Å². The second kappa shape index (κ2) is 9.81. The molecule has 0 bridgehead atoms. The quantitative estimate of drug-likeness (QED) is 0.795. The summed E-state index contributed by atoms with van der Waals surface area (Å²) >= 11 is 0. The molecule has 21 heavy (non-hydrogen) atoms. The van der Waals surface area contributed by atoms with Gasteiger partial charge in [0.2, 0.25) is 0 Å². The van der Waals surface area contributed by atoms with Crippen molar-refractivity contribution in [3.05, 3.63) is 48.2 Å². The molecule has 0 radical (unpaired) electrons. The van der Waals surface area contributed by atoms with E-state index in [2.05, 4.69) is 26.1 Å². The average molecular weight is 287 g/mol. The minimum Gasteiger partial charge on any atom is -0.464 e. The van der Waals surface area contributed by atoms with Gasteiger partial charge < -0.3 is 9.73 Å². The van der Waals surface area contributed by atoms with Crippen LogP contribution in [0.15, 0.2) is 47.1 Å². The van der Waals surface area contributed by atoms with Crippen molar-refractivity contribution in [1.82, 2.24) is 5.32 Å². The summed E-state index contributed by atoms with van der Waals surface area (Å²) in [7, 11) is 0. The third kappa shape index (κ3) is 5.86. The minimum absolute atomic E-state index is 0.0190. The topological polar surface area (TPSA) is 42.2 Å². The summed E-state index contributed by atoms with van der Waals surface area (Å²) in [4.78, 5) is 11.8. The van der Waals surface area contributed by atoms with Gasteiger partial charge in [-0.05, 0) is 30.7 Å². The van der Waals surface area contributed by atoms with Gasteiger partial charge in [-0.1, -0.05) is 45.7 Å². The number of unbranched alkanes of at least 4 members (excludes halogenated alkanes) is 1. The van der Waals surface area contributed by atoms with Crippen LogP contribution < -0.4 is 5.32 Å². The van der Waals surface area contributed by atoms with Crippen molar-refractivity contribution in [3.63, 3.8) is 0 Å². The highest BCUT2D eigenvalue weighted by Crippen LogP contribution is 2.19. The van der Waals surface area contributed by atoms with E-state index in [1.807, 2.05) is 36.4 Å². The number of carbonyl (C=O) groups excluding carboxylic acids is 1.